The molecule has 0 saturated carbocycles. The minimum Gasteiger partial charge on any atom is -0.481 e. The molecule has 98 valence electrons. The van der Waals surface area contributed by atoms with Gasteiger partial charge in [0.15, 0.2) is 0 Å². The Bertz CT molecular complexity index is 286. The van der Waals surface area contributed by atoms with E-state index in [1.54, 1.807) is 0 Å². The molecule has 0 spiro atoms. The summed E-state index contributed by atoms with van der Waals surface area (Å²) in [6.45, 7) is 7.34. The fourth-order valence-corrected chi connectivity index (χ4v) is 3.12. The Kier molecular flexibility index (Phi) is 3.73. The fourth-order valence-electron chi connectivity index (χ4n) is 3.12. The number of hydrogen-bond acceptors (Lipinski definition) is 3. The lowest BCUT2D eigenvalue weighted by Gasteiger charge is -2.34. The lowest BCUT2D eigenvalue weighted by atomic mass is 9.76. The first-order valence-electron chi connectivity index (χ1n) is 6.61. The zero-order chi connectivity index (χ0) is 12.5. The molecular formula is C13H23NO3. The molecule has 2 saturated heterocycles. The van der Waals surface area contributed by atoms with Crippen molar-refractivity contribution in [2.75, 3.05) is 26.3 Å². The Morgan fingerprint density at radius 3 is 2.53 bits per heavy atom. The minimum atomic E-state index is -0.623. The third kappa shape index (κ3) is 2.33. The summed E-state index contributed by atoms with van der Waals surface area (Å²) in [5.41, 5.74) is -0.529. The molecule has 0 radical (unpaired) electrons. The van der Waals surface area contributed by atoms with E-state index in [2.05, 4.69) is 4.90 Å². The quantitative estimate of drug-likeness (QED) is 0.815. The smallest absolute Gasteiger partial charge is 0.311 e. The van der Waals surface area contributed by atoms with Crippen LogP contribution in [0, 0.1) is 11.3 Å². The molecule has 4 heteroatoms. The lowest BCUT2D eigenvalue weighted by Crippen LogP contribution is -2.43. The molecule has 2 heterocycles. The van der Waals surface area contributed by atoms with Crippen molar-refractivity contribution in [2.45, 2.75) is 39.2 Å². The van der Waals surface area contributed by atoms with Gasteiger partial charge in [0.25, 0.3) is 0 Å². The van der Waals surface area contributed by atoms with E-state index in [0.717, 1.165) is 39.0 Å². The summed E-state index contributed by atoms with van der Waals surface area (Å²) in [5.74, 6) is -0.424. The molecule has 1 atom stereocenters. The second-order valence-corrected chi connectivity index (χ2v) is 5.68. The molecule has 2 rings (SSSR count). The van der Waals surface area contributed by atoms with Crippen molar-refractivity contribution in [3.63, 3.8) is 0 Å². The van der Waals surface area contributed by atoms with Gasteiger partial charge in [-0.25, -0.2) is 0 Å². The molecule has 2 aliphatic heterocycles. The van der Waals surface area contributed by atoms with Crippen molar-refractivity contribution < 1.29 is 14.6 Å². The number of nitrogens with zero attached hydrogens (tertiary/aromatic N) is 1. The largest absolute Gasteiger partial charge is 0.481 e. The number of hydrogen-bond donors (Lipinski definition) is 1. The number of likely N-dealkylation sites (tertiary alicyclic amines) is 1. The Labute approximate surface area is 103 Å². The number of ether oxygens (including phenoxy) is 1. The van der Waals surface area contributed by atoms with Crippen LogP contribution >= 0.6 is 0 Å². The predicted octanol–water partition coefficient (Wildman–Crippen LogP) is 1.60. The maximum Gasteiger partial charge on any atom is 0.311 e. The summed E-state index contributed by atoms with van der Waals surface area (Å²) in [7, 11) is 0. The molecule has 0 aromatic rings. The second kappa shape index (κ2) is 4.94. The van der Waals surface area contributed by atoms with Gasteiger partial charge in [-0.05, 0) is 31.7 Å². The van der Waals surface area contributed by atoms with Crippen molar-refractivity contribution in [3.8, 4) is 0 Å². The van der Waals surface area contributed by atoms with E-state index < -0.39 is 11.4 Å². The van der Waals surface area contributed by atoms with Crippen LogP contribution in [0.25, 0.3) is 0 Å². The van der Waals surface area contributed by atoms with Gasteiger partial charge < -0.3 is 9.84 Å². The number of rotatable bonds is 3. The normalized spacial score (nSPS) is 32.2. The van der Waals surface area contributed by atoms with Crippen LogP contribution in [0.2, 0.25) is 0 Å². The molecule has 1 unspecified atom stereocenters. The van der Waals surface area contributed by atoms with Crippen LogP contribution in [0.4, 0.5) is 0 Å². The van der Waals surface area contributed by atoms with Crippen LogP contribution in [-0.4, -0.2) is 48.3 Å². The molecule has 0 aromatic carbocycles. The van der Waals surface area contributed by atoms with Crippen molar-refractivity contribution in [1.82, 2.24) is 4.90 Å². The van der Waals surface area contributed by atoms with E-state index in [-0.39, 0.29) is 5.92 Å². The molecule has 0 aliphatic carbocycles. The highest BCUT2D eigenvalue weighted by Crippen LogP contribution is 2.39. The minimum absolute atomic E-state index is 0.199. The van der Waals surface area contributed by atoms with Gasteiger partial charge in [-0.2, -0.15) is 0 Å². The topological polar surface area (TPSA) is 49.8 Å². The van der Waals surface area contributed by atoms with Crippen molar-refractivity contribution in [1.29, 1.82) is 0 Å². The van der Waals surface area contributed by atoms with Gasteiger partial charge >= 0.3 is 5.97 Å². The highest BCUT2D eigenvalue weighted by Gasteiger charge is 2.48. The molecule has 2 fully saturated rings. The first-order valence-corrected chi connectivity index (χ1v) is 6.61. The molecule has 0 bridgehead atoms. The lowest BCUT2D eigenvalue weighted by molar-refractivity contribution is -0.151. The van der Waals surface area contributed by atoms with E-state index in [1.165, 1.54) is 0 Å². The van der Waals surface area contributed by atoms with Gasteiger partial charge in [0, 0.05) is 25.8 Å². The van der Waals surface area contributed by atoms with Gasteiger partial charge in [0.2, 0.25) is 0 Å². The molecule has 4 nitrogen and oxygen atoms in total. The average molecular weight is 241 g/mol. The fraction of sp³-hybridized carbons (Fsp3) is 0.923. The monoisotopic (exact) mass is 241 g/mol. The van der Waals surface area contributed by atoms with Crippen LogP contribution in [0.1, 0.15) is 33.1 Å². The Morgan fingerprint density at radius 1 is 1.41 bits per heavy atom. The van der Waals surface area contributed by atoms with Crippen LogP contribution in [0.15, 0.2) is 0 Å². The van der Waals surface area contributed by atoms with E-state index in [4.69, 9.17) is 4.74 Å². The maximum absolute atomic E-state index is 11.5. The van der Waals surface area contributed by atoms with E-state index in [1.807, 2.05) is 13.8 Å². The Morgan fingerprint density at radius 2 is 2.06 bits per heavy atom. The second-order valence-electron chi connectivity index (χ2n) is 5.68. The van der Waals surface area contributed by atoms with E-state index in [0.29, 0.717) is 12.6 Å². The van der Waals surface area contributed by atoms with Crippen molar-refractivity contribution in [3.05, 3.63) is 0 Å². The maximum atomic E-state index is 11.5. The standard InChI is InChI=1S/C13H23NO3/c1-10(2)13(12(15)16)5-6-14(9-13)11-3-7-17-8-4-11/h10-11H,3-9H2,1-2H3,(H,15,16). The third-order valence-electron chi connectivity index (χ3n) is 4.57. The number of carboxylic acid groups (broad SMARTS) is 1. The Hall–Kier alpha value is -0.610. The number of carboxylic acids is 1. The van der Waals surface area contributed by atoms with E-state index >= 15 is 0 Å². The molecular weight excluding hydrogens is 218 g/mol. The van der Waals surface area contributed by atoms with Gasteiger partial charge in [0.05, 0.1) is 5.41 Å². The van der Waals surface area contributed by atoms with E-state index in [9.17, 15) is 9.90 Å². The van der Waals surface area contributed by atoms with Crippen LogP contribution < -0.4 is 0 Å². The molecule has 2 aliphatic rings. The highest BCUT2D eigenvalue weighted by molar-refractivity contribution is 5.75. The van der Waals surface area contributed by atoms with Crippen LogP contribution in [0.3, 0.4) is 0 Å². The zero-order valence-electron chi connectivity index (χ0n) is 10.8. The molecule has 0 amide bonds. The van der Waals surface area contributed by atoms with Gasteiger partial charge in [-0.15, -0.1) is 0 Å². The molecule has 1 N–H and O–H groups in total. The third-order valence-corrected chi connectivity index (χ3v) is 4.57. The van der Waals surface area contributed by atoms with Crippen molar-refractivity contribution >= 4 is 5.97 Å². The summed E-state index contributed by atoms with van der Waals surface area (Å²) in [6.07, 6.45) is 2.89. The highest BCUT2D eigenvalue weighted by atomic mass is 16.5. The first kappa shape index (κ1) is 12.8. The molecule has 17 heavy (non-hydrogen) atoms. The molecule has 0 aromatic heterocycles. The SMILES string of the molecule is CC(C)C1(C(=O)O)CCN(C2CCOCC2)C1. The van der Waals surface area contributed by atoms with Gasteiger partial charge in [-0.3, -0.25) is 9.69 Å². The van der Waals surface area contributed by atoms with Crippen LogP contribution in [0.5, 0.6) is 0 Å². The first-order chi connectivity index (χ1) is 8.06. The van der Waals surface area contributed by atoms with Crippen LogP contribution in [-0.2, 0) is 9.53 Å². The Balaban J connectivity index is 2.03. The zero-order valence-corrected chi connectivity index (χ0v) is 10.8. The predicted molar refractivity (Wildman–Crippen MR) is 64.9 cm³/mol. The summed E-state index contributed by atoms with van der Waals surface area (Å²) >= 11 is 0. The summed E-state index contributed by atoms with van der Waals surface area (Å²) < 4.78 is 5.36. The number of aliphatic carboxylic acids is 1. The summed E-state index contributed by atoms with van der Waals surface area (Å²) in [6, 6.07) is 0.531. The summed E-state index contributed by atoms with van der Waals surface area (Å²) in [4.78, 5) is 13.9. The average Bonchev–Trinajstić information content (AvgIpc) is 2.76. The van der Waals surface area contributed by atoms with Gasteiger partial charge in [0.1, 0.15) is 0 Å². The van der Waals surface area contributed by atoms with Gasteiger partial charge in [-0.1, -0.05) is 13.8 Å². The number of carbonyl (C=O) groups is 1. The van der Waals surface area contributed by atoms with Crippen molar-refractivity contribution in [2.24, 2.45) is 11.3 Å². The summed E-state index contributed by atoms with van der Waals surface area (Å²) in [5, 5.41) is 9.50.